The summed E-state index contributed by atoms with van der Waals surface area (Å²) in [5.41, 5.74) is 2.98. The van der Waals surface area contributed by atoms with E-state index in [2.05, 4.69) is 20.4 Å². The molecule has 0 saturated carbocycles. The molecule has 1 aromatic heterocycles. The summed E-state index contributed by atoms with van der Waals surface area (Å²) in [4.78, 5) is 15.1. The molecule has 2 heterocycles. The van der Waals surface area contributed by atoms with Crippen molar-refractivity contribution in [2.75, 3.05) is 25.5 Å². The molecule has 0 aliphatic carbocycles. The average molecular weight is 391 g/mol. The second-order valence-electron chi connectivity index (χ2n) is 7.19. The number of carbonyl (C=O) groups excluding carboxylic acids is 1. The number of ether oxygens (including phenoxy) is 1. The van der Waals surface area contributed by atoms with E-state index >= 15 is 0 Å². The number of benzene rings is 2. The zero-order chi connectivity index (χ0) is 20.1. The van der Waals surface area contributed by atoms with Gasteiger partial charge in [0, 0.05) is 18.8 Å². The zero-order valence-corrected chi connectivity index (χ0v) is 16.5. The molecule has 3 aromatic rings. The van der Waals surface area contributed by atoms with Gasteiger partial charge in [0.2, 0.25) is 5.91 Å². The number of methoxy groups -OCH3 is 1. The van der Waals surface area contributed by atoms with E-state index in [1.807, 2.05) is 53.1 Å². The molecule has 1 fully saturated rings. The van der Waals surface area contributed by atoms with E-state index in [0.717, 1.165) is 55.0 Å². The first-order valence-corrected chi connectivity index (χ1v) is 9.85. The standard InChI is InChI=1S/C22H25N5O2/c1-29-20-5-2-4-18(14-20)17-7-9-19(10-8-17)25-22(28)21-6-3-11-27(21)13-12-26-15-23-24-16-26/h2,4-5,7-10,14-16,21H,3,6,11-13H2,1H3,(H,25,28)/t21-/m0/s1. The summed E-state index contributed by atoms with van der Waals surface area (Å²) in [5.74, 6) is 0.882. The number of carbonyl (C=O) groups is 1. The summed E-state index contributed by atoms with van der Waals surface area (Å²) in [7, 11) is 1.66. The second kappa shape index (κ2) is 8.87. The Kier molecular flexibility index (Phi) is 5.86. The van der Waals surface area contributed by atoms with Crippen LogP contribution in [0.25, 0.3) is 11.1 Å². The predicted octanol–water partition coefficient (Wildman–Crippen LogP) is 3.06. The van der Waals surface area contributed by atoms with Crippen molar-refractivity contribution in [1.29, 1.82) is 0 Å². The fraction of sp³-hybridized carbons (Fsp3) is 0.318. The molecule has 2 aromatic carbocycles. The molecule has 0 unspecified atom stereocenters. The highest BCUT2D eigenvalue weighted by Crippen LogP contribution is 2.25. The van der Waals surface area contributed by atoms with Crippen LogP contribution in [0.5, 0.6) is 5.75 Å². The van der Waals surface area contributed by atoms with Crippen LogP contribution in [-0.2, 0) is 11.3 Å². The molecule has 1 saturated heterocycles. The van der Waals surface area contributed by atoms with Crippen molar-refractivity contribution in [3.8, 4) is 16.9 Å². The fourth-order valence-corrected chi connectivity index (χ4v) is 3.75. The molecule has 1 aliphatic rings. The maximum absolute atomic E-state index is 12.8. The Hall–Kier alpha value is -3.19. The van der Waals surface area contributed by atoms with Crippen LogP contribution in [0, 0.1) is 0 Å². The van der Waals surface area contributed by atoms with E-state index in [0.29, 0.717) is 0 Å². The summed E-state index contributed by atoms with van der Waals surface area (Å²) in [6.07, 6.45) is 5.33. The Morgan fingerprint density at radius 3 is 2.66 bits per heavy atom. The SMILES string of the molecule is COc1cccc(-c2ccc(NC(=O)[C@@H]3CCCN3CCn3cnnc3)cc2)c1. The van der Waals surface area contributed by atoms with Crippen LogP contribution in [0.4, 0.5) is 5.69 Å². The van der Waals surface area contributed by atoms with Crippen LogP contribution in [0.3, 0.4) is 0 Å². The van der Waals surface area contributed by atoms with Crippen molar-refractivity contribution in [1.82, 2.24) is 19.7 Å². The third kappa shape index (κ3) is 4.63. The smallest absolute Gasteiger partial charge is 0.241 e. The first-order valence-electron chi connectivity index (χ1n) is 9.85. The van der Waals surface area contributed by atoms with Gasteiger partial charge in [-0.25, -0.2) is 0 Å². The maximum atomic E-state index is 12.8. The number of aromatic nitrogens is 3. The molecular formula is C22H25N5O2. The van der Waals surface area contributed by atoms with Crippen LogP contribution in [-0.4, -0.2) is 51.8 Å². The number of nitrogens with zero attached hydrogens (tertiary/aromatic N) is 4. The Morgan fingerprint density at radius 2 is 1.90 bits per heavy atom. The van der Waals surface area contributed by atoms with Gasteiger partial charge in [0.25, 0.3) is 0 Å². The molecule has 1 amide bonds. The number of rotatable bonds is 7. The van der Waals surface area contributed by atoms with E-state index in [-0.39, 0.29) is 11.9 Å². The Balaban J connectivity index is 1.37. The lowest BCUT2D eigenvalue weighted by molar-refractivity contribution is -0.120. The van der Waals surface area contributed by atoms with Gasteiger partial charge >= 0.3 is 0 Å². The van der Waals surface area contributed by atoms with Crippen molar-refractivity contribution < 1.29 is 9.53 Å². The molecule has 7 nitrogen and oxygen atoms in total. The molecule has 29 heavy (non-hydrogen) atoms. The summed E-state index contributed by atoms with van der Waals surface area (Å²) in [6.45, 7) is 2.53. The van der Waals surface area contributed by atoms with E-state index < -0.39 is 0 Å². The number of likely N-dealkylation sites (tertiary alicyclic amines) is 1. The van der Waals surface area contributed by atoms with Crippen LogP contribution in [0.1, 0.15) is 12.8 Å². The molecule has 0 radical (unpaired) electrons. The molecule has 1 atom stereocenters. The summed E-state index contributed by atoms with van der Waals surface area (Å²) in [5, 5.41) is 10.7. The Morgan fingerprint density at radius 1 is 1.10 bits per heavy atom. The fourth-order valence-electron chi connectivity index (χ4n) is 3.75. The van der Waals surface area contributed by atoms with Gasteiger partial charge in [0.05, 0.1) is 13.2 Å². The van der Waals surface area contributed by atoms with Crippen LogP contribution >= 0.6 is 0 Å². The third-order valence-corrected chi connectivity index (χ3v) is 5.33. The lowest BCUT2D eigenvalue weighted by atomic mass is 10.1. The summed E-state index contributed by atoms with van der Waals surface area (Å²) in [6, 6.07) is 15.8. The molecule has 1 N–H and O–H groups in total. The minimum absolute atomic E-state index is 0.0559. The normalized spacial score (nSPS) is 16.7. The number of amides is 1. The first-order chi connectivity index (χ1) is 14.2. The van der Waals surface area contributed by atoms with Gasteiger partial charge < -0.3 is 14.6 Å². The highest BCUT2D eigenvalue weighted by atomic mass is 16.5. The molecule has 1 aliphatic heterocycles. The van der Waals surface area contributed by atoms with E-state index in [1.165, 1.54) is 0 Å². The van der Waals surface area contributed by atoms with Gasteiger partial charge in [-0.1, -0.05) is 24.3 Å². The van der Waals surface area contributed by atoms with Crippen molar-refractivity contribution in [3.05, 3.63) is 61.2 Å². The van der Waals surface area contributed by atoms with Gasteiger partial charge in [-0.2, -0.15) is 0 Å². The van der Waals surface area contributed by atoms with Gasteiger partial charge in [-0.15, -0.1) is 10.2 Å². The minimum Gasteiger partial charge on any atom is -0.497 e. The van der Waals surface area contributed by atoms with Crippen molar-refractivity contribution in [3.63, 3.8) is 0 Å². The lowest BCUT2D eigenvalue weighted by Crippen LogP contribution is -2.41. The number of hydrogen-bond acceptors (Lipinski definition) is 5. The van der Waals surface area contributed by atoms with Crippen molar-refractivity contribution >= 4 is 11.6 Å². The van der Waals surface area contributed by atoms with Gasteiger partial charge in [-0.3, -0.25) is 9.69 Å². The predicted molar refractivity (Wildman–Crippen MR) is 112 cm³/mol. The summed E-state index contributed by atoms with van der Waals surface area (Å²) < 4.78 is 7.23. The summed E-state index contributed by atoms with van der Waals surface area (Å²) >= 11 is 0. The van der Waals surface area contributed by atoms with Crippen LogP contribution < -0.4 is 10.1 Å². The van der Waals surface area contributed by atoms with Crippen LogP contribution in [0.2, 0.25) is 0 Å². The van der Waals surface area contributed by atoms with E-state index in [1.54, 1.807) is 19.8 Å². The molecule has 0 bridgehead atoms. The zero-order valence-electron chi connectivity index (χ0n) is 16.5. The van der Waals surface area contributed by atoms with Crippen molar-refractivity contribution in [2.45, 2.75) is 25.4 Å². The maximum Gasteiger partial charge on any atom is 0.241 e. The molecule has 0 spiro atoms. The highest BCUT2D eigenvalue weighted by molar-refractivity contribution is 5.95. The largest absolute Gasteiger partial charge is 0.497 e. The van der Waals surface area contributed by atoms with E-state index in [9.17, 15) is 4.79 Å². The Labute approximate surface area is 170 Å². The number of hydrogen-bond donors (Lipinski definition) is 1. The number of nitrogens with one attached hydrogen (secondary N) is 1. The monoisotopic (exact) mass is 391 g/mol. The average Bonchev–Trinajstić information content (AvgIpc) is 3.44. The topological polar surface area (TPSA) is 72.3 Å². The van der Waals surface area contributed by atoms with Gasteiger partial charge in [0.1, 0.15) is 18.4 Å². The van der Waals surface area contributed by atoms with Gasteiger partial charge in [-0.05, 0) is 54.8 Å². The van der Waals surface area contributed by atoms with E-state index in [4.69, 9.17) is 4.74 Å². The lowest BCUT2D eigenvalue weighted by Gasteiger charge is -2.23. The van der Waals surface area contributed by atoms with Gasteiger partial charge in [0.15, 0.2) is 0 Å². The Bertz CT molecular complexity index is 940. The molecule has 150 valence electrons. The molecule has 7 heteroatoms. The molecule has 4 rings (SSSR count). The molecular weight excluding hydrogens is 366 g/mol. The quantitative estimate of drug-likeness (QED) is 0.670. The highest BCUT2D eigenvalue weighted by Gasteiger charge is 2.30. The minimum atomic E-state index is -0.0930. The van der Waals surface area contributed by atoms with Crippen LogP contribution in [0.15, 0.2) is 61.2 Å². The third-order valence-electron chi connectivity index (χ3n) is 5.33. The first kappa shape index (κ1) is 19.1. The second-order valence-corrected chi connectivity index (χ2v) is 7.19. The van der Waals surface area contributed by atoms with Crippen molar-refractivity contribution in [2.24, 2.45) is 0 Å². The number of anilines is 1.